The van der Waals surface area contributed by atoms with Crippen LogP contribution in [0.3, 0.4) is 0 Å². The Labute approximate surface area is 194 Å². The molecule has 31 heavy (non-hydrogen) atoms. The molecule has 0 atom stereocenters. The molecular formula is C23H22ClN3O2S2. The van der Waals surface area contributed by atoms with Gasteiger partial charge in [0, 0.05) is 24.0 Å². The zero-order valence-corrected chi connectivity index (χ0v) is 19.3. The van der Waals surface area contributed by atoms with E-state index >= 15 is 0 Å². The highest BCUT2D eigenvalue weighted by Gasteiger charge is 2.34. The zero-order chi connectivity index (χ0) is 21.6. The highest BCUT2D eigenvalue weighted by Crippen LogP contribution is 2.31. The van der Waals surface area contributed by atoms with E-state index in [4.69, 9.17) is 11.6 Å². The second kappa shape index (κ2) is 10.4. The highest BCUT2D eigenvalue weighted by molar-refractivity contribution is 8.18. The van der Waals surface area contributed by atoms with Gasteiger partial charge in [0.25, 0.3) is 11.1 Å². The van der Waals surface area contributed by atoms with Crippen LogP contribution in [-0.2, 0) is 11.2 Å². The Morgan fingerprint density at radius 2 is 1.94 bits per heavy atom. The number of imidazole rings is 1. The molecule has 4 rings (SSSR count). The number of aryl methyl sites for hydroxylation is 1. The summed E-state index contributed by atoms with van der Waals surface area (Å²) in [6, 6.07) is 13.7. The Morgan fingerprint density at radius 1 is 1.10 bits per heavy atom. The van der Waals surface area contributed by atoms with Crippen molar-refractivity contribution in [3.8, 4) is 0 Å². The Hall–Kier alpha value is -2.22. The van der Waals surface area contributed by atoms with Gasteiger partial charge in [-0.2, -0.15) is 0 Å². The quantitative estimate of drug-likeness (QED) is 0.215. The molecule has 0 bridgehead atoms. The molecule has 5 nitrogen and oxygen atoms in total. The molecule has 1 saturated heterocycles. The number of thioether (sulfide) groups is 2. The lowest BCUT2D eigenvalue weighted by atomic mass is 10.1. The van der Waals surface area contributed by atoms with Crippen LogP contribution < -0.4 is 0 Å². The molecule has 0 unspecified atom stereocenters. The van der Waals surface area contributed by atoms with Gasteiger partial charge in [-0.05, 0) is 73.0 Å². The van der Waals surface area contributed by atoms with Crippen LogP contribution in [0.25, 0.3) is 5.65 Å². The molecule has 0 N–H and O–H groups in total. The largest absolute Gasteiger partial charge is 0.294 e. The maximum Gasteiger partial charge on any atom is 0.293 e. The van der Waals surface area contributed by atoms with E-state index in [1.54, 1.807) is 18.0 Å². The average molecular weight is 472 g/mol. The highest BCUT2D eigenvalue weighted by atomic mass is 35.5. The van der Waals surface area contributed by atoms with Crippen LogP contribution in [0.1, 0.15) is 24.8 Å². The minimum Gasteiger partial charge on any atom is -0.294 e. The fourth-order valence-corrected chi connectivity index (χ4v) is 5.36. The summed E-state index contributed by atoms with van der Waals surface area (Å²) in [4.78, 5) is 31.1. The SMILES string of the molecule is O=C1SC(=CCCc2ccc(Cl)cc2)C(=O)N1CCCCSc1cccc2nccn12. The molecule has 0 aliphatic carbocycles. The van der Waals surface area contributed by atoms with Crippen molar-refractivity contribution in [2.24, 2.45) is 0 Å². The van der Waals surface area contributed by atoms with Gasteiger partial charge in [0.05, 0.1) is 9.93 Å². The molecular weight excluding hydrogens is 450 g/mol. The van der Waals surface area contributed by atoms with E-state index in [1.165, 1.54) is 4.90 Å². The normalized spacial score (nSPS) is 15.5. The molecule has 8 heteroatoms. The van der Waals surface area contributed by atoms with Gasteiger partial charge in [0.1, 0.15) is 5.65 Å². The summed E-state index contributed by atoms with van der Waals surface area (Å²) < 4.78 is 2.07. The van der Waals surface area contributed by atoms with Crippen LogP contribution in [0.2, 0.25) is 5.02 Å². The van der Waals surface area contributed by atoms with Crippen LogP contribution in [0, 0.1) is 0 Å². The van der Waals surface area contributed by atoms with Gasteiger partial charge in [0.15, 0.2) is 0 Å². The first-order valence-corrected chi connectivity index (χ1v) is 12.3. The van der Waals surface area contributed by atoms with Crippen molar-refractivity contribution in [2.45, 2.75) is 30.7 Å². The molecule has 0 spiro atoms. The summed E-state index contributed by atoms with van der Waals surface area (Å²) in [5.74, 6) is 0.756. The molecule has 3 aromatic rings. The van der Waals surface area contributed by atoms with E-state index in [-0.39, 0.29) is 11.1 Å². The van der Waals surface area contributed by atoms with Gasteiger partial charge >= 0.3 is 0 Å². The number of halogens is 1. The second-order valence-corrected chi connectivity index (χ2v) is 9.68. The molecule has 2 aromatic heterocycles. The summed E-state index contributed by atoms with van der Waals surface area (Å²) in [6.45, 7) is 0.467. The van der Waals surface area contributed by atoms with Crippen molar-refractivity contribution in [3.05, 3.63) is 76.4 Å². The first-order valence-electron chi connectivity index (χ1n) is 10.1. The molecule has 1 fully saturated rings. The molecule has 1 aromatic carbocycles. The summed E-state index contributed by atoms with van der Waals surface area (Å²) in [6.07, 6.45) is 8.87. The molecule has 1 aliphatic heterocycles. The standard InChI is InChI=1S/C23H22ClN3O2S2/c24-18-11-9-17(10-12-18)5-3-6-19-22(28)27(23(29)31-19)14-1-2-16-30-21-8-4-7-20-25-13-15-26(20)21/h4,6-13,15H,1-3,5,14,16H2. The lowest BCUT2D eigenvalue weighted by Gasteiger charge is -2.12. The predicted octanol–water partition coefficient (Wildman–Crippen LogP) is 6.07. The molecule has 3 heterocycles. The van der Waals surface area contributed by atoms with Crippen LogP contribution in [0.4, 0.5) is 4.79 Å². The first-order chi connectivity index (χ1) is 15.1. The number of benzene rings is 1. The van der Waals surface area contributed by atoms with Gasteiger partial charge in [-0.15, -0.1) is 11.8 Å². The van der Waals surface area contributed by atoms with E-state index in [2.05, 4.69) is 15.5 Å². The fraction of sp³-hybridized carbons (Fsp3) is 0.261. The second-order valence-electron chi connectivity index (χ2n) is 7.13. The van der Waals surface area contributed by atoms with Crippen molar-refractivity contribution in [3.63, 3.8) is 0 Å². The smallest absolute Gasteiger partial charge is 0.293 e. The molecule has 0 saturated carbocycles. The average Bonchev–Trinajstić information content (AvgIpc) is 3.35. The van der Waals surface area contributed by atoms with E-state index in [9.17, 15) is 9.59 Å². The molecule has 1 aliphatic rings. The topological polar surface area (TPSA) is 54.7 Å². The number of nitrogens with zero attached hydrogens (tertiary/aromatic N) is 3. The van der Waals surface area contributed by atoms with Crippen molar-refractivity contribution in [1.82, 2.24) is 14.3 Å². The zero-order valence-electron chi connectivity index (χ0n) is 16.9. The maximum atomic E-state index is 12.6. The number of fused-ring (bicyclic) bond motifs is 1. The number of aromatic nitrogens is 2. The lowest BCUT2D eigenvalue weighted by molar-refractivity contribution is -0.122. The third-order valence-corrected chi connectivity index (χ3v) is 7.30. The Bertz CT molecular complexity index is 1110. The minimum atomic E-state index is -0.168. The third kappa shape index (κ3) is 5.53. The van der Waals surface area contributed by atoms with Crippen LogP contribution in [0.5, 0.6) is 0 Å². The monoisotopic (exact) mass is 471 g/mol. The van der Waals surface area contributed by atoms with Crippen molar-refractivity contribution in [1.29, 1.82) is 0 Å². The number of carbonyl (C=O) groups is 2. The summed E-state index contributed by atoms with van der Waals surface area (Å²) in [7, 11) is 0. The van der Waals surface area contributed by atoms with Gasteiger partial charge in [-0.25, -0.2) is 4.98 Å². The number of unbranched alkanes of at least 4 members (excludes halogenated alkanes) is 1. The lowest BCUT2D eigenvalue weighted by Crippen LogP contribution is -2.29. The Kier molecular flexibility index (Phi) is 7.37. The number of hydrogen-bond acceptors (Lipinski definition) is 5. The predicted molar refractivity (Wildman–Crippen MR) is 128 cm³/mol. The number of hydrogen-bond donors (Lipinski definition) is 0. The summed E-state index contributed by atoms with van der Waals surface area (Å²) in [5, 5.41) is 1.69. The number of pyridine rings is 1. The van der Waals surface area contributed by atoms with Crippen LogP contribution in [0.15, 0.2) is 70.9 Å². The van der Waals surface area contributed by atoms with Gasteiger partial charge in [0.2, 0.25) is 0 Å². The van der Waals surface area contributed by atoms with Crippen molar-refractivity contribution in [2.75, 3.05) is 12.3 Å². The van der Waals surface area contributed by atoms with E-state index < -0.39 is 0 Å². The van der Waals surface area contributed by atoms with Crippen LogP contribution >= 0.6 is 35.1 Å². The number of allylic oxidation sites excluding steroid dienone is 1. The number of imide groups is 1. The maximum absolute atomic E-state index is 12.6. The summed E-state index contributed by atoms with van der Waals surface area (Å²) in [5.41, 5.74) is 2.09. The van der Waals surface area contributed by atoms with E-state index in [0.717, 1.165) is 53.0 Å². The van der Waals surface area contributed by atoms with Crippen LogP contribution in [-0.4, -0.2) is 37.7 Å². The van der Waals surface area contributed by atoms with Crippen molar-refractivity contribution >= 4 is 51.9 Å². The van der Waals surface area contributed by atoms with Gasteiger partial charge < -0.3 is 0 Å². The number of amides is 2. The number of rotatable bonds is 9. The van der Waals surface area contributed by atoms with Gasteiger partial charge in [-0.1, -0.05) is 35.9 Å². The Morgan fingerprint density at radius 3 is 2.77 bits per heavy atom. The Balaban J connectivity index is 1.21. The number of carbonyl (C=O) groups excluding carboxylic acids is 2. The fourth-order valence-electron chi connectivity index (χ4n) is 3.34. The molecule has 160 valence electrons. The first kappa shape index (κ1) is 22.0. The summed E-state index contributed by atoms with van der Waals surface area (Å²) >= 11 is 8.71. The molecule has 2 amide bonds. The molecule has 0 radical (unpaired) electrons. The van der Waals surface area contributed by atoms with E-state index in [0.29, 0.717) is 22.9 Å². The minimum absolute atomic E-state index is 0.165. The van der Waals surface area contributed by atoms with E-state index in [1.807, 2.05) is 48.7 Å². The third-order valence-electron chi connectivity index (χ3n) is 4.97. The van der Waals surface area contributed by atoms with Gasteiger partial charge in [-0.3, -0.25) is 18.9 Å². The van der Waals surface area contributed by atoms with Crippen molar-refractivity contribution < 1.29 is 9.59 Å².